The summed E-state index contributed by atoms with van der Waals surface area (Å²) in [5, 5.41) is 3.03. The summed E-state index contributed by atoms with van der Waals surface area (Å²) in [7, 11) is 0. The third kappa shape index (κ3) is 7.05. The Morgan fingerprint density at radius 1 is 1.12 bits per heavy atom. The number of hydrogen-bond donors (Lipinski definition) is 2. The van der Waals surface area contributed by atoms with E-state index in [2.05, 4.69) is 34.5 Å². The molecule has 0 unspecified atom stereocenters. The van der Waals surface area contributed by atoms with Gasteiger partial charge in [0.15, 0.2) is 0 Å². The van der Waals surface area contributed by atoms with Gasteiger partial charge in [-0.05, 0) is 29.9 Å². The van der Waals surface area contributed by atoms with Gasteiger partial charge in [0.2, 0.25) is 5.91 Å². The SMILES string of the molecule is Cl.Cl.N[C@@H]1CCC[C@H]1CC(=O)NCc1ccc(CN2CCOCC2)cc1. The summed E-state index contributed by atoms with van der Waals surface area (Å²) < 4.78 is 5.38. The number of halogens is 2. The topological polar surface area (TPSA) is 67.6 Å². The van der Waals surface area contributed by atoms with Crippen LogP contribution in [0.3, 0.4) is 0 Å². The number of nitrogens with one attached hydrogen (secondary N) is 1. The molecular weight excluding hydrogens is 373 g/mol. The summed E-state index contributed by atoms with van der Waals surface area (Å²) in [6, 6.07) is 8.73. The molecule has 1 aliphatic carbocycles. The van der Waals surface area contributed by atoms with Crippen LogP contribution in [0.5, 0.6) is 0 Å². The number of benzene rings is 1. The maximum absolute atomic E-state index is 12.1. The zero-order chi connectivity index (χ0) is 16.8. The minimum absolute atomic E-state index is 0. The smallest absolute Gasteiger partial charge is 0.220 e. The first-order valence-corrected chi connectivity index (χ1v) is 9.11. The van der Waals surface area contributed by atoms with Crippen LogP contribution >= 0.6 is 24.8 Å². The lowest BCUT2D eigenvalue weighted by Crippen LogP contribution is -2.35. The monoisotopic (exact) mass is 403 g/mol. The number of nitrogens with zero attached hydrogens (tertiary/aromatic N) is 1. The number of nitrogens with two attached hydrogens (primary N) is 1. The Balaban J connectivity index is 0.00000169. The highest BCUT2D eigenvalue weighted by Gasteiger charge is 2.25. The maximum atomic E-state index is 12.1. The second-order valence-corrected chi connectivity index (χ2v) is 7.04. The molecule has 0 radical (unpaired) electrons. The van der Waals surface area contributed by atoms with Gasteiger partial charge >= 0.3 is 0 Å². The van der Waals surface area contributed by atoms with Crippen molar-refractivity contribution in [2.45, 2.75) is 44.8 Å². The van der Waals surface area contributed by atoms with E-state index in [1.807, 2.05) is 0 Å². The summed E-state index contributed by atoms with van der Waals surface area (Å²) in [4.78, 5) is 14.5. The minimum Gasteiger partial charge on any atom is -0.379 e. The molecule has 1 saturated carbocycles. The summed E-state index contributed by atoms with van der Waals surface area (Å²) in [6.45, 7) is 5.22. The molecule has 0 spiro atoms. The fourth-order valence-electron chi connectivity index (χ4n) is 3.61. The van der Waals surface area contributed by atoms with E-state index in [0.717, 1.165) is 57.7 Å². The number of morpholine rings is 1. The standard InChI is InChI=1S/C19H29N3O2.2ClH/c20-18-3-1-2-17(18)12-19(23)21-13-15-4-6-16(7-5-15)14-22-8-10-24-11-9-22;;/h4-7,17-18H,1-3,8-14,20H2,(H,21,23);2*1H/t17-,18+;;/m0../s1. The number of rotatable bonds is 6. The average molecular weight is 404 g/mol. The number of carbonyl (C=O) groups is 1. The van der Waals surface area contributed by atoms with Crippen LogP contribution in [-0.2, 0) is 22.6 Å². The summed E-state index contributed by atoms with van der Waals surface area (Å²) in [6.07, 6.45) is 3.87. The second-order valence-electron chi connectivity index (χ2n) is 7.04. The first kappa shape index (κ1) is 23.2. The molecular formula is C19H31Cl2N3O2. The van der Waals surface area contributed by atoms with E-state index in [0.29, 0.717) is 18.9 Å². The fourth-order valence-corrected chi connectivity index (χ4v) is 3.61. The van der Waals surface area contributed by atoms with Gasteiger partial charge in [-0.3, -0.25) is 9.69 Å². The Morgan fingerprint density at radius 2 is 1.77 bits per heavy atom. The summed E-state index contributed by atoms with van der Waals surface area (Å²) in [5.41, 5.74) is 8.49. The van der Waals surface area contributed by atoms with Crippen molar-refractivity contribution in [2.24, 2.45) is 11.7 Å². The molecule has 2 aliphatic rings. The predicted molar refractivity (Wildman–Crippen MR) is 109 cm³/mol. The molecule has 1 aromatic rings. The van der Waals surface area contributed by atoms with Crippen LogP contribution in [0, 0.1) is 5.92 Å². The van der Waals surface area contributed by atoms with Crippen LogP contribution in [0.4, 0.5) is 0 Å². The average Bonchev–Trinajstić information content (AvgIpc) is 3.00. The van der Waals surface area contributed by atoms with Crippen molar-refractivity contribution in [1.29, 1.82) is 0 Å². The molecule has 5 nitrogen and oxygen atoms in total. The number of hydrogen-bond acceptors (Lipinski definition) is 4. The molecule has 0 bridgehead atoms. The molecule has 1 aromatic carbocycles. The molecule has 148 valence electrons. The first-order valence-electron chi connectivity index (χ1n) is 9.11. The van der Waals surface area contributed by atoms with Crippen molar-refractivity contribution < 1.29 is 9.53 Å². The lowest BCUT2D eigenvalue weighted by atomic mass is 10.00. The molecule has 2 fully saturated rings. The van der Waals surface area contributed by atoms with E-state index in [1.165, 1.54) is 5.56 Å². The molecule has 7 heteroatoms. The van der Waals surface area contributed by atoms with E-state index in [-0.39, 0.29) is 36.8 Å². The van der Waals surface area contributed by atoms with Gasteiger partial charge in [0.05, 0.1) is 13.2 Å². The van der Waals surface area contributed by atoms with E-state index in [9.17, 15) is 4.79 Å². The minimum atomic E-state index is 0. The number of carbonyl (C=O) groups excluding carboxylic acids is 1. The normalized spacial score (nSPS) is 23.0. The fraction of sp³-hybridized carbons (Fsp3) is 0.632. The lowest BCUT2D eigenvalue weighted by Gasteiger charge is -2.26. The lowest BCUT2D eigenvalue weighted by molar-refractivity contribution is -0.122. The van der Waals surface area contributed by atoms with Crippen molar-refractivity contribution in [1.82, 2.24) is 10.2 Å². The highest BCUT2D eigenvalue weighted by molar-refractivity contribution is 5.85. The molecule has 1 amide bonds. The Morgan fingerprint density at radius 3 is 2.38 bits per heavy atom. The summed E-state index contributed by atoms with van der Waals surface area (Å²) >= 11 is 0. The van der Waals surface area contributed by atoms with Gasteiger partial charge in [0.1, 0.15) is 0 Å². The van der Waals surface area contributed by atoms with Gasteiger partial charge in [0.25, 0.3) is 0 Å². The third-order valence-electron chi connectivity index (χ3n) is 5.19. The van der Waals surface area contributed by atoms with Crippen LogP contribution in [0.2, 0.25) is 0 Å². The Hall–Kier alpha value is -0.850. The third-order valence-corrected chi connectivity index (χ3v) is 5.19. The van der Waals surface area contributed by atoms with Gasteiger partial charge in [-0.1, -0.05) is 30.7 Å². The quantitative estimate of drug-likeness (QED) is 0.765. The molecule has 1 saturated heterocycles. The van der Waals surface area contributed by atoms with Crippen molar-refractivity contribution in [2.75, 3.05) is 26.3 Å². The van der Waals surface area contributed by atoms with Crippen LogP contribution in [0.25, 0.3) is 0 Å². The maximum Gasteiger partial charge on any atom is 0.220 e. The van der Waals surface area contributed by atoms with Crippen LogP contribution in [0.15, 0.2) is 24.3 Å². The molecule has 3 rings (SSSR count). The van der Waals surface area contributed by atoms with Gasteiger partial charge < -0.3 is 15.8 Å². The number of ether oxygens (including phenoxy) is 1. The summed E-state index contributed by atoms with van der Waals surface area (Å²) in [5.74, 6) is 0.482. The molecule has 0 aromatic heterocycles. The van der Waals surface area contributed by atoms with Crippen molar-refractivity contribution >= 4 is 30.7 Å². The largest absolute Gasteiger partial charge is 0.379 e. The predicted octanol–water partition coefficient (Wildman–Crippen LogP) is 2.50. The highest BCUT2D eigenvalue weighted by atomic mass is 35.5. The van der Waals surface area contributed by atoms with Crippen molar-refractivity contribution in [3.8, 4) is 0 Å². The van der Waals surface area contributed by atoms with Gasteiger partial charge in [-0.2, -0.15) is 0 Å². The van der Waals surface area contributed by atoms with E-state index in [4.69, 9.17) is 10.5 Å². The van der Waals surface area contributed by atoms with Gasteiger partial charge in [-0.15, -0.1) is 24.8 Å². The van der Waals surface area contributed by atoms with Gasteiger partial charge in [-0.25, -0.2) is 0 Å². The Kier molecular flexibility index (Phi) is 10.5. The molecule has 2 atom stereocenters. The zero-order valence-corrected chi connectivity index (χ0v) is 16.8. The molecule has 1 aliphatic heterocycles. The Labute approximate surface area is 168 Å². The Bertz CT molecular complexity index is 536. The van der Waals surface area contributed by atoms with Crippen LogP contribution < -0.4 is 11.1 Å². The molecule has 3 N–H and O–H groups in total. The van der Waals surface area contributed by atoms with E-state index in [1.54, 1.807) is 0 Å². The molecule has 26 heavy (non-hydrogen) atoms. The van der Waals surface area contributed by atoms with E-state index >= 15 is 0 Å². The number of amides is 1. The zero-order valence-electron chi connectivity index (χ0n) is 15.2. The van der Waals surface area contributed by atoms with Crippen molar-refractivity contribution in [3.63, 3.8) is 0 Å². The van der Waals surface area contributed by atoms with E-state index < -0.39 is 0 Å². The van der Waals surface area contributed by atoms with Crippen LogP contribution in [0.1, 0.15) is 36.8 Å². The van der Waals surface area contributed by atoms with Gasteiger partial charge in [0, 0.05) is 38.6 Å². The van der Waals surface area contributed by atoms with Crippen LogP contribution in [-0.4, -0.2) is 43.2 Å². The van der Waals surface area contributed by atoms with Crippen molar-refractivity contribution in [3.05, 3.63) is 35.4 Å². The molecule has 1 heterocycles. The second kappa shape index (κ2) is 11.8. The first-order chi connectivity index (χ1) is 11.7. The highest BCUT2D eigenvalue weighted by Crippen LogP contribution is 2.26.